The SMILES string of the molecule is CCCCCCC(/C=C(\C)[C@@H](O)[C@@H](C)C(=O)O[C@@H]1CC[C@H](C)[C@@]2(C)C[C@H]3[C@H](C)CO[C@@]3(O)[C@H]3O[C@@]312)CO. The van der Waals surface area contributed by atoms with Crippen molar-refractivity contribution in [2.45, 2.75) is 123 Å². The summed E-state index contributed by atoms with van der Waals surface area (Å²) in [7, 11) is 0. The molecule has 4 fully saturated rings. The predicted molar refractivity (Wildman–Crippen MR) is 140 cm³/mol. The van der Waals surface area contributed by atoms with Gasteiger partial charge in [-0.2, -0.15) is 0 Å². The van der Waals surface area contributed by atoms with Crippen LogP contribution < -0.4 is 0 Å². The average Bonchev–Trinajstić information content (AvgIpc) is 3.59. The smallest absolute Gasteiger partial charge is 0.312 e. The normalized spacial score (nSPS) is 43.3. The van der Waals surface area contributed by atoms with Crippen LogP contribution in [0.15, 0.2) is 11.6 Å². The van der Waals surface area contributed by atoms with Crippen LogP contribution in [-0.2, 0) is 19.0 Å². The molecule has 0 aromatic carbocycles. The van der Waals surface area contributed by atoms with Gasteiger partial charge in [0.25, 0.3) is 0 Å². The molecule has 212 valence electrons. The van der Waals surface area contributed by atoms with Crippen molar-refractivity contribution in [3.05, 3.63) is 11.6 Å². The molecule has 7 nitrogen and oxygen atoms in total. The first-order chi connectivity index (χ1) is 17.5. The maximum absolute atomic E-state index is 13.3. The molecule has 1 unspecified atom stereocenters. The minimum atomic E-state index is -1.33. The second kappa shape index (κ2) is 10.9. The minimum Gasteiger partial charge on any atom is -0.459 e. The highest BCUT2D eigenvalue weighted by molar-refractivity contribution is 5.73. The number of unbranched alkanes of at least 4 members (excludes halogenated alkanes) is 3. The monoisotopic (exact) mass is 522 g/mol. The number of hydrogen-bond donors (Lipinski definition) is 3. The quantitative estimate of drug-likeness (QED) is 0.160. The summed E-state index contributed by atoms with van der Waals surface area (Å²) in [5, 5.41) is 32.3. The molecule has 0 aromatic rings. The van der Waals surface area contributed by atoms with Gasteiger partial charge in [0.05, 0.1) is 18.6 Å². The predicted octanol–water partition coefficient (Wildman–Crippen LogP) is 4.37. The van der Waals surface area contributed by atoms with Gasteiger partial charge in [0, 0.05) is 23.9 Å². The summed E-state index contributed by atoms with van der Waals surface area (Å²) >= 11 is 0. The highest BCUT2D eigenvalue weighted by Gasteiger charge is 2.85. The Balaban J connectivity index is 1.44. The number of aliphatic hydroxyl groups is 3. The van der Waals surface area contributed by atoms with Gasteiger partial charge in [0.15, 0.2) is 5.79 Å². The molecule has 1 spiro atoms. The molecule has 2 aliphatic carbocycles. The molecule has 3 N–H and O–H groups in total. The number of carbonyl (C=O) groups is 1. The largest absolute Gasteiger partial charge is 0.459 e. The lowest BCUT2D eigenvalue weighted by atomic mass is 9.50. The fourth-order valence-corrected chi connectivity index (χ4v) is 7.70. The van der Waals surface area contributed by atoms with E-state index in [9.17, 15) is 20.1 Å². The number of ether oxygens (including phenoxy) is 3. The molecule has 0 bridgehead atoms. The molecule has 0 amide bonds. The molecule has 7 heteroatoms. The van der Waals surface area contributed by atoms with Crippen molar-refractivity contribution in [2.24, 2.45) is 35.0 Å². The first-order valence-electron chi connectivity index (χ1n) is 14.7. The van der Waals surface area contributed by atoms with Crippen LogP contribution in [0.1, 0.15) is 92.9 Å². The molecule has 4 aliphatic rings. The first kappa shape index (κ1) is 29.0. The van der Waals surface area contributed by atoms with Crippen molar-refractivity contribution in [1.29, 1.82) is 0 Å². The van der Waals surface area contributed by atoms with Crippen LogP contribution in [-0.4, -0.2) is 64.2 Å². The molecule has 4 rings (SSSR count). The van der Waals surface area contributed by atoms with Crippen molar-refractivity contribution < 1.29 is 34.3 Å². The maximum Gasteiger partial charge on any atom is 0.312 e. The van der Waals surface area contributed by atoms with Crippen LogP contribution in [0.5, 0.6) is 0 Å². The van der Waals surface area contributed by atoms with Crippen molar-refractivity contribution in [2.75, 3.05) is 13.2 Å². The van der Waals surface area contributed by atoms with E-state index < -0.39 is 41.6 Å². The Hall–Kier alpha value is -0.990. The Labute approximate surface area is 222 Å². The Kier molecular flexibility index (Phi) is 8.53. The van der Waals surface area contributed by atoms with Crippen molar-refractivity contribution in [3.63, 3.8) is 0 Å². The molecule has 0 radical (unpaired) electrons. The van der Waals surface area contributed by atoms with E-state index >= 15 is 0 Å². The summed E-state index contributed by atoms with van der Waals surface area (Å²) in [6.07, 6.45) is 7.66. The lowest BCUT2D eigenvalue weighted by molar-refractivity contribution is -0.234. The van der Waals surface area contributed by atoms with E-state index in [1.807, 2.05) is 13.0 Å². The van der Waals surface area contributed by atoms with E-state index in [4.69, 9.17) is 14.2 Å². The lowest BCUT2D eigenvalue weighted by Crippen LogP contribution is -2.64. The highest BCUT2D eigenvalue weighted by Crippen LogP contribution is 2.72. The summed E-state index contributed by atoms with van der Waals surface area (Å²) in [5.41, 5.74) is -0.308. The van der Waals surface area contributed by atoms with Gasteiger partial charge in [-0.15, -0.1) is 0 Å². The summed E-state index contributed by atoms with van der Waals surface area (Å²) in [6, 6.07) is 0. The molecular formula is C30H50O7. The molecule has 37 heavy (non-hydrogen) atoms. The fraction of sp³-hybridized carbons (Fsp3) is 0.900. The van der Waals surface area contributed by atoms with E-state index in [1.54, 1.807) is 6.92 Å². The maximum atomic E-state index is 13.3. The summed E-state index contributed by atoms with van der Waals surface area (Å²) in [5.74, 6) is -1.95. The molecule has 2 heterocycles. The van der Waals surface area contributed by atoms with E-state index in [2.05, 4.69) is 27.7 Å². The van der Waals surface area contributed by atoms with Gasteiger partial charge >= 0.3 is 5.97 Å². The zero-order valence-corrected chi connectivity index (χ0v) is 23.7. The number of aliphatic hydroxyl groups excluding tert-OH is 2. The van der Waals surface area contributed by atoms with Crippen molar-refractivity contribution in [1.82, 2.24) is 0 Å². The second-order valence-electron chi connectivity index (χ2n) is 12.9. The van der Waals surface area contributed by atoms with Gasteiger partial charge in [-0.3, -0.25) is 4.79 Å². The average molecular weight is 523 g/mol. The highest BCUT2D eigenvalue weighted by atomic mass is 16.7. The third-order valence-electron chi connectivity index (χ3n) is 10.5. The molecule has 0 aromatic heterocycles. The number of carbonyl (C=O) groups excluding carboxylic acids is 1. The number of epoxide rings is 1. The molecule has 11 atom stereocenters. The van der Waals surface area contributed by atoms with Crippen LogP contribution in [0, 0.1) is 35.0 Å². The fourth-order valence-electron chi connectivity index (χ4n) is 7.70. The zero-order valence-electron chi connectivity index (χ0n) is 23.7. The Morgan fingerprint density at radius 3 is 2.62 bits per heavy atom. The van der Waals surface area contributed by atoms with Gasteiger partial charge in [0.1, 0.15) is 17.8 Å². The lowest BCUT2D eigenvalue weighted by Gasteiger charge is -2.54. The third-order valence-corrected chi connectivity index (χ3v) is 10.5. The third kappa shape index (κ3) is 4.82. The van der Waals surface area contributed by atoms with Crippen molar-refractivity contribution >= 4 is 5.97 Å². The Morgan fingerprint density at radius 2 is 1.95 bits per heavy atom. The number of hydrogen-bond acceptors (Lipinski definition) is 7. The van der Waals surface area contributed by atoms with E-state index in [-0.39, 0.29) is 29.8 Å². The summed E-state index contributed by atoms with van der Waals surface area (Å²) in [4.78, 5) is 13.3. The van der Waals surface area contributed by atoms with E-state index in [0.29, 0.717) is 24.5 Å². The van der Waals surface area contributed by atoms with Gasteiger partial charge < -0.3 is 29.5 Å². The van der Waals surface area contributed by atoms with Gasteiger partial charge in [0.2, 0.25) is 0 Å². The van der Waals surface area contributed by atoms with Crippen LogP contribution >= 0.6 is 0 Å². The number of esters is 1. The van der Waals surface area contributed by atoms with Gasteiger partial charge in [-0.05, 0) is 56.9 Å². The standard InChI is InChI=1S/C30H50O7/c1-7-8-9-10-11-22(16-31)14-18(2)25(32)21(5)26(33)36-24-13-12-20(4)28(6)15-23-19(3)17-35-30(23,34)27-29(24,28)37-27/h14,19-25,27,31-32,34H,7-13,15-17H2,1-6H3/b18-14+/t19-,20+,21-,22?,23+,24-,25-,27+,28-,29-,30-/m1/s1. The summed E-state index contributed by atoms with van der Waals surface area (Å²) in [6.45, 7) is 12.8. The molecule has 2 aliphatic heterocycles. The number of rotatable bonds is 11. The van der Waals surface area contributed by atoms with E-state index in [1.165, 1.54) is 6.42 Å². The van der Waals surface area contributed by atoms with Crippen LogP contribution in [0.3, 0.4) is 0 Å². The second-order valence-corrected chi connectivity index (χ2v) is 12.9. The Morgan fingerprint density at radius 1 is 1.22 bits per heavy atom. The molecule has 2 saturated carbocycles. The summed E-state index contributed by atoms with van der Waals surface area (Å²) < 4.78 is 18.4. The number of fused-ring (bicyclic) bond motifs is 2. The molecule has 2 saturated heterocycles. The van der Waals surface area contributed by atoms with Crippen LogP contribution in [0.25, 0.3) is 0 Å². The molecular weight excluding hydrogens is 472 g/mol. The van der Waals surface area contributed by atoms with E-state index in [0.717, 1.165) is 38.5 Å². The van der Waals surface area contributed by atoms with Crippen molar-refractivity contribution in [3.8, 4) is 0 Å². The minimum absolute atomic E-state index is 0.00463. The zero-order chi connectivity index (χ0) is 27.2. The van der Waals surface area contributed by atoms with Crippen LogP contribution in [0.4, 0.5) is 0 Å². The van der Waals surface area contributed by atoms with Crippen LogP contribution in [0.2, 0.25) is 0 Å². The Bertz CT molecular complexity index is 859. The first-order valence-corrected chi connectivity index (χ1v) is 14.7. The van der Waals surface area contributed by atoms with Gasteiger partial charge in [-0.1, -0.05) is 59.5 Å². The topological polar surface area (TPSA) is 109 Å². The van der Waals surface area contributed by atoms with Gasteiger partial charge in [-0.25, -0.2) is 0 Å².